The topological polar surface area (TPSA) is 117 Å². The summed E-state index contributed by atoms with van der Waals surface area (Å²) >= 11 is 7.42. The van der Waals surface area contributed by atoms with Crippen molar-refractivity contribution in [3.8, 4) is 10.6 Å². The third-order valence-electron chi connectivity index (χ3n) is 6.65. The molecule has 2 N–H and O–H groups in total. The van der Waals surface area contributed by atoms with Crippen LogP contribution in [0.1, 0.15) is 53.5 Å². The first-order valence-electron chi connectivity index (χ1n) is 12.1. The number of nitrogens with zero attached hydrogens (tertiary/aromatic N) is 5. The first-order chi connectivity index (χ1) is 17.3. The predicted octanol–water partition coefficient (Wildman–Crippen LogP) is 2.72. The van der Waals surface area contributed by atoms with Gasteiger partial charge in [0.2, 0.25) is 0 Å². The number of carbonyl (C=O) groups is 2. The zero-order valence-corrected chi connectivity index (χ0v) is 21.8. The number of thiophene rings is 1. The molecule has 5 rings (SSSR count). The van der Waals surface area contributed by atoms with E-state index in [1.807, 2.05) is 6.07 Å². The molecular weight excluding hydrogens is 504 g/mol. The van der Waals surface area contributed by atoms with Gasteiger partial charge in [0.25, 0.3) is 11.8 Å². The average Bonchev–Trinajstić information content (AvgIpc) is 3.57. The maximum absolute atomic E-state index is 13.3. The molecule has 0 spiro atoms. The van der Waals surface area contributed by atoms with Crippen LogP contribution < -0.4 is 5.32 Å². The Labute approximate surface area is 217 Å². The molecule has 2 aliphatic heterocycles. The van der Waals surface area contributed by atoms with Gasteiger partial charge in [0.05, 0.1) is 21.9 Å². The monoisotopic (exact) mass is 532 g/mol. The van der Waals surface area contributed by atoms with Crippen molar-refractivity contribution < 1.29 is 19.2 Å². The Bertz CT molecular complexity index is 1240. The molecule has 0 unspecified atom stereocenters. The Hall–Kier alpha value is -2.73. The van der Waals surface area contributed by atoms with Crippen molar-refractivity contribution >= 4 is 34.8 Å². The number of carbonyl (C=O) groups excluding carboxylic acids is 2. The van der Waals surface area contributed by atoms with E-state index in [9.17, 15) is 14.7 Å². The molecule has 0 radical (unpaired) electrons. The summed E-state index contributed by atoms with van der Waals surface area (Å²) in [5, 5.41) is 16.8. The zero-order valence-electron chi connectivity index (χ0n) is 20.2. The molecule has 0 aliphatic carbocycles. The number of aromatic nitrogens is 3. The minimum atomic E-state index is -0.519. The molecule has 5 heterocycles. The van der Waals surface area contributed by atoms with E-state index < -0.39 is 6.10 Å². The number of β-amino-alcohol motifs (C(OH)–C–C–N with tert-alkyl or cyclic N) is 1. The SMILES string of the molecule is CC(C)N1CCC(NC(=O)c2nc(C(=O)N3CC(O)C3)cn2Cc2cc(-c3ccc(Cl)s3)on2)CC1. The highest BCUT2D eigenvalue weighted by Gasteiger charge is 2.32. The van der Waals surface area contributed by atoms with E-state index in [4.69, 9.17) is 16.1 Å². The molecule has 0 bridgehead atoms. The van der Waals surface area contributed by atoms with Crippen molar-refractivity contribution in [3.05, 3.63) is 45.9 Å². The van der Waals surface area contributed by atoms with Gasteiger partial charge in [-0.3, -0.25) is 9.59 Å². The van der Waals surface area contributed by atoms with E-state index in [0.717, 1.165) is 30.8 Å². The van der Waals surface area contributed by atoms with Crippen LogP contribution in [0.15, 0.2) is 28.9 Å². The summed E-state index contributed by atoms with van der Waals surface area (Å²) < 4.78 is 7.76. The highest BCUT2D eigenvalue weighted by Crippen LogP contribution is 2.31. The fourth-order valence-corrected chi connectivity index (χ4v) is 5.53. The second-order valence-electron chi connectivity index (χ2n) is 9.61. The fraction of sp³-hybridized carbons (Fsp3) is 0.500. The Morgan fingerprint density at radius 3 is 2.67 bits per heavy atom. The number of imidazole rings is 1. The van der Waals surface area contributed by atoms with Crippen LogP contribution in [0, 0.1) is 0 Å². The lowest BCUT2D eigenvalue weighted by molar-refractivity contribution is 0.00552. The summed E-state index contributed by atoms with van der Waals surface area (Å²) in [6.07, 6.45) is 2.77. The van der Waals surface area contributed by atoms with Crippen molar-refractivity contribution in [2.24, 2.45) is 0 Å². The number of rotatable bonds is 7. The van der Waals surface area contributed by atoms with Gasteiger partial charge in [-0.1, -0.05) is 16.8 Å². The molecule has 3 aromatic heterocycles. The first-order valence-corrected chi connectivity index (χ1v) is 13.3. The molecular formula is C24H29ClN6O4S. The van der Waals surface area contributed by atoms with Crippen LogP contribution in [0.3, 0.4) is 0 Å². The highest BCUT2D eigenvalue weighted by atomic mass is 35.5. The molecule has 3 aromatic rings. The van der Waals surface area contributed by atoms with Gasteiger partial charge in [0, 0.05) is 50.5 Å². The van der Waals surface area contributed by atoms with E-state index in [2.05, 4.69) is 34.2 Å². The van der Waals surface area contributed by atoms with E-state index in [0.29, 0.717) is 21.8 Å². The first kappa shape index (κ1) is 24.9. The molecule has 2 amide bonds. The van der Waals surface area contributed by atoms with Crippen LogP contribution in [0.2, 0.25) is 4.34 Å². The number of likely N-dealkylation sites (tertiary alicyclic amines) is 2. The summed E-state index contributed by atoms with van der Waals surface area (Å²) in [7, 11) is 0. The molecule has 36 heavy (non-hydrogen) atoms. The number of halogens is 1. The van der Waals surface area contributed by atoms with Gasteiger partial charge >= 0.3 is 0 Å². The van der Waals surface area contributed by atoms with Crippen LogP contribution in [0.25, 0.3) is 10.6 Å². The van der Waals surface area contributed by atoms with Crippen LogP contribution in [-0.2, 0) is 6.54 Å². The van der Waals surface area contributed by atoms with E-state index in [-0.39, 0.29) is 49.0 Å². The lowest BCUT2D eigenvalue weighted by Gasteiger charge is -2.35. The lowest BCUT2D eigenvalue weighted by Crippen LogP contribution is -2.53. The van der Waals surface area contributed by atoms with Gasteiger partial charge in [-0.2, -0.15) is 0 Å². The Kier molecular flexibility index (Phi) is 7.16. The number of aliphatic hydroxyl groups excluding tert-OH is 1. The van der Waals surface area contributed by atoms with Crippen LogP contribution in [0.5, 0.6) is 0 Å². The molecule has 2 saturated heterocycles. The van der Waals surface area contributed by atoms with Gasteiger partial charge in [-0.15, -0.1) is 11.3 Å². The Morgan fingerprint density at radius 1 is 1.28 bits per heavy atom. The molecule has 0 atom stereocenters. The van der Waals surface area contributed by atoms with E-state index in [1.165, 1.54) is 16.2 Å². The van der Waals surface area contributed by atoms with Gasteiger partial charge in [-0.05, 0) is 38.8 Å². The third kappa shape index (κ3) is 5.34. The predicted molar refractivity (Wildman–Crippen MR) is 135 cm³/mol. The van der Waals surface area contributed by atoms with Gasteiger partial charge in [0.15, 0.2) is 11.6 Å². The third-order valence-corrected chi connectivity index (χ3v) is 7.90. The largest absolute Gasteiger partial charge is 0.389 e. The highest BCUT2D eigenvalue weighted by molar-refractivity contribution is 7.19. The molecule has 10 nitrogen and oxygen atoms in total. The molecule has 0 aromatic carbocycles. The van der Waals surface area contributed by atoms with Gasteiger partial charge < -0.3 is 29.3 Å². The van der Waals surface area contributed by atoms with Crippen LogP contribution >= 0.6 is 22.9 Å². The van der Waals surface area contributed by atoms with Crippen LogP contribution in [0.4, 0.5) is 0 Å². The van der Waals surface area contributed by atoms with Crippen molar-refractivity contribution in [2.45, 2.75) is 51.4 Å². The smallest absolute Gasteiger partial charge is 0.287 e. The summed E-state index contributed by atoms with van der Waals surface area (Å²) in [5.41, 5.74) is 0.750. The van der Waals surface area contributed by atoms with E-state index in [1.54, 1.807) is 22.9 Å². The molecule has 2 aliphatic rings. The standard InChI is InChI=1S/C24H29ClN6O4S/c1-14(2)29-7-5-15(6-8-29)26-23(33)22-27-18(24(34)31-11-17(32)12-31)13-30(22)10-16-9-19(35-28-16)20-3-4-21(25)36-20/h3-4,9,13-15,17,32H,5-8,10-12H2,1-2H3,(H,26,33). The number of aliphatic hydroxyl groups is 1. The Morgan fingerprint density at radius 2 is 2.03 bits per heavy atom. The second kappa shape index (κ2) is 10.3. The minimum absolute atomic E-state index is 0.0459. The Balaban J connectivity index is 1.34. The van der Waals surface area contributed by atoms with Crippen molar-refractivity contribution in [1.82, 2.24) is 29.8 Å². The zero-order chi connectivity index (χ0) is 25.4. The fourth-order valence-electron chi connectivity index (χ4n) is 4.54. The normalized spacial score (nSPS) is 17.5. The number of amides is 2. The van der Waals surface area contributed by atoms with Crippen molar-refractivity contribution in [1.29, 1.82) is 0 Å². The average molecular weight is 533 g/mol. The van der Waals surface area contributed by atoms with Gasteiger partial charge in [0.1, 0.15) is 11.4 Å². The van der Waals surface area contributed by atoms with Crippen molar-refractivity contribution in [3.63, 3.8) is 0 Å². The maximum Gasteiger partial charge on any atom is 0.287 e. The summed E-state index contributed by atoms with van der Waals surface area (Å²) in [6.45, 7) is 6.93. The minimum Gasteiger partial charge on any atom is -0.389 e. The lowest BCUT2D eigenvalue weighted by atomic mass is 10.0. The molecule has 12 heteroatoms. The number of hydrogen-bond donors (Lipinski definition) is 2. The molecule has 0 saturated carbocycles. The molecule has 2 fully saturated rings. The summed E-state index contributed by atoms with van der Waals surface area (Å²) in [5.74, 6) is 0.0899. The van der Waals surface area contributed by atoms with E-state index >= 15 is 0 Å². The van der Waals surface area contributed by atoms with Gasteiger partial charge in [-0.25, -0.2) is 4.98 Å². The number of piperidine rings is 1. The quantitative estimate of drug-likeness (QED) is 0.480. The number of hydrogen-bond acceptors (Lipinski definition) is 8. The number of nitrogens with one attached hydrogen (secondary N) is 1. The summed E-state index contributed by atoms with van der Waals surface area (Å²) in [6, 6.07) is 5.96. The summed E-state index contributed by atoms with van der Waals surface area (Å²) in [4.78, 5) is 35.3. The van der Waals surface area contributed by atoms with Crippen LogP contribution in [-0.4, -0.2) is 85.8 Å². The second-order valence-corrected chi connectivity index (χ2v) is 11.3. The molecule has 192 valence electrons. The van der Waals surface area contributed by atoms with Crippen molar-refractivity contribution in [2.75, 3.05) is 26.2 Å². The maximum atomic E-state index is 13.3.